The van der Waals surface area contributed by atoms with E-state index >= 15 is 0 Å². The van der Waals surface area contributed by atoms with Crippen molar-refractivity contribution in [3.05, 3.63) is 34.9 Å². The van der Waals surface area contributed by atoms with Crippen molar-refractivity contribution < 1.29 is 19.2 Å². The Bertz CT molecular complexity index is 890. The van der Waals surface area contributed by atoms with Gasteiger partial charge in [-0.05, 0) is 56.4 Å². The van der Waals surface area contributed by atoms with E-state index in [1.165, 1.54) is 4.90 Å². The van der Waals surface area contributed by atoms with E-state index in [2.05, 4.69) is 10.6 Å². The maximum Gasteiger partial charge on any atom is 0.325 e. The van der Waals surface area contributed by atoms with Crippen molar-refractivity contribution in [2.75, 3.05) is 26.2 Å². The molecule has 3 fully saturated rings. The number of carbonyl (C=O) groups is 4. The highest BCUT2D eigenvalue weighted by Crippen LogP contribution is 2.35. The summed E-state index contributed by atoms with van der Waals surface area (Å²) in [4.78, 5) is 53.0. The van der Waals surface area contributed by atoms with Crippen molar-refractivity contribution in [1.29, 1.82) is 0 Å². The van der Waals surface area contributed by atoms with Crippen LogP contribution in [0.1, 0.15) is 55.3 Å². The minimum Gasteiger partial charge on any atom is -0.356 e. The van der Waals surface area contributed by atoms with Crippen molar-refractivity contribution in [2.24, 2.45) is 5.92 Å². The Morgan fingerprint density at radius 1 is 1.09 bits per heavy atom. The molecule has 0 radical (unpaired) electrons. The lowest BCUT2D eigenvalue weighted by molar-refractivity contribution is -0.131. The predicted octanol–water partition coefficient (Wildman–Crippen LogP) is 2.56. The van der Waals surface area contributed by atoms with Gasteiger partial charge in [-0.2, -0.15) is 0 Å². The van der Waals surface area contributed by atoms with E-state index in [9.17, 15) is 19.2 Å². The first-order valence-electron chi connectivity index (χ1n) is 11.4. The number of imide groups is 1. The highest BCUT2D eigenvalue weighted by Gasteiger charge is 2.52. The molecule has 1 aromatic carbocycles. The van der Waals surface area contributed by atoms with Crippen molar-refractivity contribution in [1.82, 2.24) is 20.4 Å². The topological polar surface area (TPSA) is 98.8 Å². The number of piperidine rings is 1. The highest BCUT2D eigenvalue weighted by molar-refractivity contribution is 6.30. The third-order valence-electron chi connectivity index (χ3n) is 6.80. The van der Waals surface area contributed by atoms with E-state index in [4.69, 9.17) is 11.6 Å². The molecule has 0 unspecified atom stereocenters. The quantitative estimate of drug-likeness (QED) is 0.503. The molecular formula is C23H29ClN4O4. The minimum atomic E-state index is -0.683. The molecule has 2 heterocycles. The molecule has 172 valence electrons. The number of nitrogens with zero attached hydrogens (tertiary/aromatic N) is 2. The fourth-order valence-electron chi connectivity index (χ4n) is 4.91. The van der Waals surface area contributed by atoms with E-state index in [1.807, 2.05) is 0 Å². The van der Waals surface area contributed by atoms with Crippen LogP contribution in [0.15, 0.2) is 24.3 Å². The number of hydrogen-bond donors (Lipinski definition) is 2. The Hall–Kier alpha value is -2.61. The largest absolute Gasteiger partial charge is 0.356 e. The highest BCUT2D eigenvalue weighted by atomic mass is 35.5. The lowest BCUT2D eigenvalue weighted by atomic mass is 9.95. The molecule has 0 bridgehead atoms. The van der Waals surface area contributed by atoms with Crippen molar-refractivity contribution in [2.45, 2.75) is 50.5 Å². The molecule has 1 aromatic rings. The zero-order valence-electron chi connectivity index (χ0n) is 18.1. The van der Waals surface area contributed by atoms with Crippen LogP contribution in [0.2, 0.25) is 5.02 Å². The second-order valence-corrected chi connectivity index (χ2v) is 9.33. The number of likely N-dealkylation sites (tertiary alicyclic amines) is 1. The van der Waals surface area contributed by atoms with E-state index in [0.717, 1.165) is 12.8 Å². The molecule has 2 saturated heterocycles. The van der Waals surface area contributed by atoms with Crippen LogP contribution in [0.4, 0.5) is 4.79 Å². The van der Waals surface area contributed by atoms with Crippen LogP contribution in [0.25, 0.3) is 0 Å². The molecule has 0 aromatic heterocycles. The number of benzene rings is 1. The number of amides is 5. The van der Waals surface area contributed by atoms with Gasteiger partial charge >= 0.3 is 6.03 Å². The zero-order chi connectivity index (χ0) is 22.7. The molecule has 9 heteroatoms. The molecule has 8 nitrogen and oxygen atoms in total. The standard InChI is InChI=1S/C23H29ClN4O4/c24-18-6-4-17(5-7-18)20(30)27-14-8-16(9-15-27)19(29)25-12-3-13-28-21(31)23(26-22(28)32)10-1-2-11-23/h4-7,16H,1-3,8-15H2,(H,25,29)(H,26,32). The predicted molar refractivity (Wildman–Crippen MR) is 119 cm³/mol. The van der Waals surface area contributed by atoms with E-state index < -0.39 is 5.54 Å². The molecule has 4 rings (SSSR count). The van der Waals surface area contributed by atoms with Gasteiger partial charge in [-0.25, -0.2) is 4.79 Å². The van der Waals surface area contributed by atoms with Gasteiger partial charge in [0.2, 0.25) is 5.91 Å². The van der Waals surface area contributed by atoms with Crippen molar-refractivity contribution in [3.8, 4) is 0 Å². The van der Waals surface area contributed by atoms with Crippen LogP contribution in [-0.4, -0.2) is 65.3 Å². The summed E-state index contributed by atoms with van der Waals surface area (Å²) >= 11 is 5.88. The first kappa shape index (κ1) is 22.6. The number of carbonyl (C=O) groups excluding carboxylic acids is 4. The van der Waals surface area contributed by atoms with Crippen molar-refractivity contribution >= 4 is 35.4 Å². The molecular weight excluding hydrogens is 432 g/mol. The SMILES string of the molecule is O=C(NCCCN1C(=O)NC2(CCCC2)C1=O)C1CCN(C(=O)c2ccc(Cl)cc2)CC1. The Kier molecular flexibility index (Phi) is 6.69. The molecule has 5 amide bonds. The van der Waals surface area contributed by atoms with E-state index in [-0.39, 0.29) is 29.7 Å². The van der Waals surface area contributed by atoms with Crippen molar-refractivity contribution in [3.63, 3.8) is 0 Å². The Balaban J connectivity index is 1.17. The van der Waals surface area contributed by atoms with Gasteiger partial charge in [0.05, 0.1) is 0 Å². The monoisotopic (exact) mass is 460 g/mol. The number of rotatable bonds is 6. The average molecular weight is 461 g/mol. The van der Waals surface area contributed by atoms with E-state index in [0.29, 0.717) is 68.9 Å². The van der Waals surface area contributed by atoms with Gasteiger partial charge in [0.15, 0.2) is 0 Å². The lowest BCUT2D eigenvalue weighted by Crippen LogP contribution is -2.44. The van der Waals surface area contributed by atoms with Gasteiger partial charge in [-0.3, -0.25) is 19.3 Å². The third-order valence-corrected chi connectivity index (χ3v) is 7.06. The summed E-state index contributed by atoms with van der Waals surface area (Å²) in [5, 5.41) is 6.38. The summed E-state index contributed by atoms with van der Waals surface area (Å²) in [5.74, 6) is -0.339. The minimum absolute atomic E-state index is 0.0342. The first-order valence-corrected chi connectivity index (χ1v) is 11.7. The van der Waals surface area contributed by atoms with Crippen LogP contribution in [0.5, 0.6) is 0 Å². The van der Waals surface area contributed by atoms with Crippen LogP contribution < -0.4 is 10.6 Å². The Labute approximate surface area is 192 Å². The third kappa shape index (κ3) is 4.60. The van der Waals surface area contributed by atoms with Gasteiger partial charge in [0.1, 0.15) is 5.54 Å². The second-order valence-electron chi connectivity index (χ2n) is 8.89. The summed E-state index contributed by atoms with van der Waals surface area (Å²) in [6.45, 7) is 1.78. The second kappa shape index (κ2) is 9.48. The fraction of sp³-hybridized carbons (Fsp3) is 0.565. The van der Waals surface area contributed by atoms with Gasteiger partial charge < -0.3 is 15.5 Å². The van der Waals surface area contributed by atoms with E-state index in [1.54, 1.807) is 29.2 Å². The maximum atomic E-state index is 12.6. The summed E-state index contributed by atoms with van der Waals surface area (Å²) in [6.07, 6.45) is 5.09. The van der Waals surface area contributed by atoms with Gasteiger partial charge in [0, 0.05) is 42.7 Å². The van der Waals surface area contributed by atoms with Crippen LogP contribution in [-0.2, 0) is 9.59 Å². The smallest absolute Gasteiger partial charge is 0.325 e. The Morgan fingerprint density at radius 2 is 1.75 bits per heavy atom. The number of hydrogen-bond acceptors (Lipinski definition) is 4. The fourth-order valence-corrected chi connectivity index (χ4v) is 5.04. The Morgan fingerprint density at radius 3 is 2.41 bits per heavy atom. The van der Waals surface area contributed by atoms with Gasteiger partial charge in [0.25, 0.3) is 11.8 Å². The molecule has 1 spiro atoms. The van der Waals surface area contributed by atoms with Gasteiger partial charge in [-0.1, -0.05) is 24.4 Å². The normalized spacial score (nSPS) is 20.7. The zero-order valence-corrected chi connectivity index (χ0v) is 18.8. The summed E-state index contributed by atoms with van der Waals surface area (Å²) in [7, 11) is 0. The molecule has 1 aliphatic carbocycles. The first-order chi connectivity index (χ1) is 15.4. The summed E-state index contributed by atoms with van der Waals surface area (Å²) in [6, 6.07) is 6.50. The van der Waals surface area contributed by atoms with Crippen LogP contribution in [0.3, 0.4) is 0 Å². The molecule has 1 saturated carbocycles. The molecule has 2 N–H and O–H groups in total. The van der Waals surface area contributed by atoms with Gasteiger partial charge in [-0.15, -0.1) is 0 Å². The number of halogens is 1. The lowest BCUT2D eigenvalue weighted by Gasteiger charge is -2.31. The molecule has 3 aliphatic rings. The number of nitrogens with one attached hydrogen (secondary N) is 2. The number of urea groups is 1. The summed E-state index contributed by atoms with van der Waals surface area (Å²) < 4.78 is 0. The van der Waals surface area contributed by atoms with Crippen LogP contribution in [0, 0.1) is 5.92 Å². The maximum absolute atomic E-state index is 12.6. The summed E-state index contributed by atoms with van der Waals surface area (Å²) in [5.41, 5.74) is -0.0882. The molecule has 32 heavy (non-hydrogen) atoms. The van der Waals surface area contributed by atoms with Crippen LogP contribution >= 0.6 is 11.6 Å². The molecule has 2 aliphatic heterocycles. The average Bonchev–Trinajstić information content (AvgIpc) is 3.36. The molecule has 0 atom stereocenters.